The van der Waals surface area contributed by atoms with Gasteiger partial charge in [0.05, 0.1) is 5.39 Å². The fraction of sp³-hybridized carbons (Fsp3) is 0.0455. The van der Waals surface area contributed by atoms with E-state index in [4.69, 9.17) is 0 Å². The molecule has 0 aliphatic rings. The highest BCUT2D eigenvalue weighted by atomic mass is 19.1. The van der Waals surface area contributed by atoms with E-state index in [1.165, 1.54) is 6.07 Å². The Balaban J connectivity index is 1.73. The van der Waals surface area contributed by atoms with Gasteiger partial charge >= 0.3 is 0 Å². The summed E-state index contributed by atoms with van der Waals surface area (Å²) >= 11 is 0. The largest absolute Gasteiger partial charge is 0.506 e. The average molecular weight is 421 g/mol. The third kappa shape index (κ3) is 3.20. The lowest BCUT2D eigenvalue weighted by atomic mass is 10.1. The molecule has 5 rings (SSSR count). The number of phenols is 1. The van der Waals surface area contributed by atoms with Gasteiger partial charge in [0.2, 0.25) is 0 Å². The molecule has 2 heterocycles. The summed E-state index contributed by atoms with van der Waals surface area (Å²) in [4.78, 5) is 8.92. The molecule has 0 aliphatic heterocycles. The minimum Gasteiger partial charge on any atom is -0.506 e. The van der Waals surface area contributed by atoms with Crippen LogP contribution in [-0.2, 0) is 6.67 Å². The number of hydrogen-bond donors (Lipinski definition) is 3. The molecule has 9 heteroatoms. The van der Waals surface area contributed by atoms with Crippen LogP contribution in [0.5, 0.6) is 5.75 Å². The lowest BCUT2D eigenvalue weighted by Gasteiger charge is -2.12. The molecule has 0 spiro atoms. The van der Waals surface area contributed by atoms with Crippen LogP contribution in [0.3, 0.4) is 0 Å². The third-order valence-corrected chi connectivity index (χ3v) is 4.93. The first-order chi connectivity index (χ1) is 15.0. The van der Waals surface area contributed by atoms with Crippen molar-refractivity contribution in [2.45, 2.75) is 6.67 Å². The van der Waals surface area contributed by atoms with Gasteiger partial charge in [-0.15, -0.1) is 0 Å². The van der Waals surface area contributed by atoms with Gasteiger partial charge in [-0.3, -0.25) is 5.10 Å². The number of aromatic nitrogens is 4. The van der Waals surface area contributed by atoms with Gasteiger partial charge in [-0.2, -0.15) is 5.10 Å². The Morgan fingerprint density at radius 1 is 0.935 bits per heavy atom. The zero-order chi connectivity index (χ0) is 21.5. The zero-order valence-corrected chi connectivity index (χ0v) is 15.8. The fourth-order valence-electron chi connectivity index (χ4n) is 3.46. The summed E-state index contributed by atoms with van der Waals surface area (Å²) in [7, 11) is 0. The summed E-state index contributed by atoms with van der Waals surface area (Å²) in [5.74, 6) is -1.06. The summed E-state index contributed by atoms with van der Waals surface area (Å²) in [5.41, 5.74) is 1.12. The topological polar surface area (TPSA) is 86.7 Å². The molecule has 0 bridgehead atoms. The molecule has 31 heavy (non-hydrogen) atoms. The zero-order valence-electron chi connectivity index (χ0n) is 15.8. The SMILES string of the molecule is Oc1cccc2c(Nc3n[nH]c4c(F)cc(F)cc34)nc(-c3ccccc3CF)nc12. The number of rotatable bonds is 4. The Morgan fingerprint density at radius 3 is 2.61 bits per heavy atom. The molecular weight excluding hydrogens is 407 g/mol. The van der Waals surface area contributed by atoms with Crippen molar-refractivity contribution in [1.82, 2.24) is 20.2 Å². The maximum Gasteiger partial charge on any atom is 0.162 e. The predicted octanol–water partition coefficient (Wildman–Crippen LogP) is 5.37. The highest BCUT2D eigenvalue weighted by Crippen LogP contribution is 2.34. The molecule has 0 amide bonds. The van der Waals surface area contributed by atoms with Crippen molar-refractivity contribution in [3.63, 3.8) is 0 Å². The van der Waals surface area contributed by atoms with E-state index in [9.17, 15) is 18.3 Å². The second-order valence-corrected chi connectivity index (χ2v) is 6.87. The molecule has 0 aliphatic carbocycles. The van der Waals surface area contributed by atoms with Crippen LogP contribution >= 0.6 is 0 Å². The van der Waals surface area contributed by atoms with E-state index in [1.54, 1.807) is 36.4 Å². The summed E-state index contributed by atoms with van der Waals surface area (Å²) in [6.45, 7) is -0.719. The van der Waals surface area contributed by atoms with E-state index in [0.29, 0.717) is 16.5 Å². The molecular formula is C22H14F3N5O. The van der Waals surface area contributed by atoms with E-state index < -0.39 is 18.3 Å². The van der Waals surface area contributed by atoms with Crippen molar-refractivity contribution in [3.8, 4) is 17.1 Å². The number of para-hydroxylation sites is 1. The summed E-state index contributed by atoms with van der Waals surface area (Å²) in [6.07, 6.45) is 0. The molecule has 3 aromatic carbocycles. The molecule has 0 unspecified atom stereocenters. The Morgan fingerprint density at radius 2 is 1.77 bits per heavy atom. The summed E-state index contributed by atoms with van der Waals surface area (Å²) < 4.78 is 41.3. The first kappa shape index (κ1) is 18.9. The normalized spacial score (nSPS) is 11.3. The molecule has 3 N–H and O–H groups in total. The van der Waals surface area contributed by atoms with Crippen molar-refractivity contribution in [2.24, 2.45) is 0 Å². The predicted molar refractivity (Wildman–Crippen MR) is 111 cm³/mol. The minimum absolute atomic E-state index is 0.0353. The van der Waals surface area contributed by atoms with Crippen LogP contribution in [0, 0.1) is 11.6 Å². The number of aromatic hydroxyl groups is 1. The smallest absolute Gasteiger partial charge is 0.162 e. The van der Waals surface area contributed by atoms with E-state index >= 15 is 0 Å². The van der Waals surface area contributed by atoms with E-state index in [1.807, 2.05) is 0 Å². The number of benzene rings is 3. The number of anilines is 2. The van der Waals surface area contributed by atoms with Gasteiger partial charge in [-0.1, -0.05) is 30.3 Å². The Kier molecular flexibility index (Phi) is 4.43. The number of hydrogen-bond acceptors (Lipinski definition) is 5. The quantitative estimate of drug-likeness (QED) is 0.363. The molecule has 0 atom stereocenters. The Bertz CT molecular complexity index is 1450. The van der Waals surface area contributed by atoms with Gasteiger partial charge in [0.25, 0.3) is 0 Å². The van der Waals surface area contributed by atoms with Crippen LogP contribution in [0.25, 0.3) is 33.2 Å². The van der Waals surface area contributed by atoms with Crippen molar-refractivity contribution < 1.29 is 18.3 Å². The van der Waals surface area contributed by atoms with E-state index in [2.05, 4.69) is 25.5 Å². The molecule has 0 fully saturated rings. The second-order valence-electron chi connectivity index (χ2n) is 6.87. The van der Waals surface area contributed by atoms with Crippen LogP contribution in [0.2, 0.25) is 0 Å². The van der Waals surface area contributed by atoms with E-state index in [-0.39, 0.29) is 39.6 Å². The fourth-order valence-corrected chi connectivity index (χ4v) is 3.46. The maximum absolute atomic E-state index is 14.0. The first-order valence-electron chi connectivity index (χ1n) is 9.29. The van der Waals surface area contributed by atoms with Gasteiger partial charge in [-0.05, 0) is 23.8 Å². The average Bonchev–Trinajstić information content (AvgIpc) is 3.17. The lowest BCUT2D eigenvalue weighted by Crippen LogP contribution is -2.01. The van der Waals surface area contributed by atoms with Crippen molar-refractivity contribution in [1.29, 1.82) is 0 Å². The summed E-state index contributed by atoms with van der Waals surface area (Å²) in [5, 5.41) is 20.5. The lowest BCUT2D eigenvalue weighted by molar-refractivity contribution is 0.480. The Hall–Kier alpha value is -4.14. The van der Waals surface area contributed by atoms with Crippen LogP contribution in [0.15, 0.2) is 54.6 Å². The number of nitrogens with one attached hydrogen (secondary N) is 2. The van der Waals surface area contributed by atoms with Gasteiger partial charge in [0.15, 0.2) is 17.5 Å². The van der Waals surface area contributed by atoms with Gasteiger partial charge in [0, 0.05) is 17.0 Å². The molecule has 0 saturated heterocycles. The van der Waals surface area contributed by atoms with Crippen LogP contribution in [0.4, 0.5) is 24.8 Å². The van der Waals surface area contributed by atoms with Crippen LogP contribution < -0.4 is 5.32 Å². The van der Waals surface area contributed by atoms with Gasteiger partial charge in [-0.25, -0.2) is 23.1 Å². The minimum atomic E-state index is -0.779. The highest BCUT2D eigenvalue weighted by molar-refractivity contribution is 5.98. The molecule has 2 aromatic heterocycles. The van der Waals surface area contributed by atoms with Crippen molar-refractivity contribution in [2.75, 3.05) is 5.32 Å². The molecule has 5 aromatic rings. The van der Waals surface area contributed by atoms with E-state index in [0.717, 1.165) is 12.1 Å². The molecule has 0 radical (unpaired) electrons. The van der Waals surface area contributed by atoms with Crippen molar-refractivity contribution >= 4 is 33.4 Å². The maximum atomic E-state index is 14.0. The number of phenolic OH excluding ortho intramolecular Hbond substituents is 1. The van der Waals surface area contributed by atoms with Crippen LogP contribution in [0.1, 0.15) is 5.56 Å². The number of halogens is 3. The number of nitrogens with zero attached hydrogens (tertiary/aromatic N) is 3. The van der Waals surface area contributed by atoms with Crippen LogP contribution in [-0.4, -0.2) is 25.3 Å². The standard InChI is InChI=1S/C22H14F3N5O/c23-10-11-4-1-2-5-13(11)20-26-19-14(6-3-7-17(19)31)21(27-20)28-22-15-8-12(24)9-16(25)18(15)29-30-22/h1-9,31H,10H2,(H2,26,27,28,29,30). The van der Waals surface area contributed by atoms with Crippen molar-refractivity contribution in [3.05, 3.63) is 71.8 Å². The first-order valence-corrected chi connectivity index (χ1v) is 9.29. The number of aromatic amines is 1. The summed E-state index contributed by atoms with van der Waals surface area (Å²) in [6, 6.07) is 13.4. The second kappa shape index (κ2) is 7.28. The number of alkyl halides is 1. The molecule has 6 nitrogen and oxygen atoms in total. The molecule has 0 saturated carbocycles. The number of fused-ring (bicyclic) bond motifs is 2. The number of H-pyrrole nitrogens is 1. The Labute approximate surface area is 173 Å². The molecule has 154 valence electrons. The van der Waals surface area contributed by atoms with Gasteiger partial charge in [0.1, 0.15) is 35.1 Å². The van der Waals surface area contributed by atoms with Gasteiger partial charge < -0.3 is 10.4 Å². The monoisotopic (exact) mass is 421 g/mol. The third-order valence-electron chi connectivity index (χ3n) is 4.93. The highest BCUT2D eigenvalue weighted by Gasteiger charge is 2.17.